The van der Waals surface area contributed by atoms with Crippen LogP contribution in [0.25, 0.3) is 0 Å². The molecular formula is C68H110O6. The van der Waals surface area contributed by atoms with E-state index in [-0.39, 0.29) is 37.5 Å². The van der Waals surface area contributed by atoms with E-state index < -0.39 is 6.10 Å². The van der Waals surface area contributed by atoms with Gasteiger partial charge in [0.1, 0.15) is 13.2 Å². The molecule has 0 fully saturated rings. The normalized spacial score (nSPS) is 13.1. The third-order valence-electron chi connectivity index (χ3n) is 12.4. The second kappa shape index (κ2) is 61.1. The predicted molar refractivity (Wildman–Crippen MR) is 320 cm³/mol. The maximum Gasteiger partial charge on any atom is 0.306 e. The SMILES string of the molecule is CC/C=C\C/C=C\C/C=C\C/C=C\C/C=C\C/C=C\C/C=C\CCCC(=O)OCC(COC(=O)CCCCCCC/C=C\CCCCCCCCC)OC(=O)CCCCCCCCC/C=C\C/C=C\C/C=C\CC. The second-order valence-corrected chi connectivity index (χ2v) is 19.5. The molecule has 1 unspecified atom stereocenters. The molecule has 0 rings (SSSR count). The van der Waals surface area contributed by atoms with Gasteiger partial charge in [-0.1, -0.05) is 244 Å². The largest absolute Gasteiger partial charge is 0.462 e. The molecule has 0 N–H and O–H groups in total. The molecule has 0 aromatic carbocycles. The van der Waals surface area contributed by atoms with E-state index >= 15 is 0 Å². The lowest BCUT2D eigenvalue weighted by Gasteiger charge is -2.18. The fourth-order valence-electron chi connectivity index (χ4n) is 7.91. The highest BCUT2D eigenvalue weighted by Gasteiger charge is 2.19. The summed E-state index contributed by atoms with van der Waals surface area (Å²) >= 11 is 0. The topological polar surface area (TPSA) is 78.9 Å². The van der Waals surface area contributed by atoms with E-state index in [9.17, 15) is 14.4 Å². The summed E-state index contributed by atoms with van der Waals surface area (Å²) in [5, 5.41) is 0. The summed E-state index contributed by atoms with van der Waals surface area (Å²) in [5.74, 6) is -0.989. The second-order valence-electron chi connectivity index (χ2n) is 19.5. The van der Waals surface area contributed by atoms with Crippen molar-refractivity contribution in [2.24, 2.45) is 0 Å². The third kappa shape index (κ3) is 58.4. The van der Waals surface area contributed by atoms with Crippen LogP contribution in [-0.2, 0) is 28.6 Å². The molecule has 0 amide bonds. The molecule has 0 spiro atoms. The summed E-state index contributed by atoms with van der Waals surface area (Å²) in [4.78, 5) is 38.2. The molecule has 0 aliphatic heterocycles. The van der Waals surface area contributed by atoms with Gasteiger partial charge in [-0.2, -0.15) is 0 Å². The first-order valence-electron chi connectivity index (χ1n) is 30.2. The molecule has 1 atom stereocenters. The number of hydrogen-bond donors (Lipinski definition) is 0. The minimum Gasteiger partial charge on any atom is -0.462 e. The number of carbonyl (C=O) groups excluding carboxylic acids is 3. The van der Waals surface area contributed by atoms with E-state index in [0.29, 0.717) is 19.3 Å². The Bertz CT molecular complexity index is 1600. The van der Waals surface area contributed by atoms with Crippen molar-refractivity contribution in [3.8, 4) is 0 Å². The first-order valence-corrected chi connectivity index (χ1v) is 30.2. The van der Waals surface area contributed by atoms with Crippen LogP contribution in [0.2, 0.25) is 0 Å². The van der Waals surface area contributed by atoms with E-state index in [1.54, 1.807) is 0 Å². The minimum atomic E-state index is -0.816. The quantitative estimate of drug-likeness (QED) is 0.0261. The third-order valence-corrected chi connectivity index (χ3v) is 12.4. The van der Waals surface area contributed by atoms with Gasteiger partial charge in [0.05, 0.1) is 0 Å². The molecule has 418 valence electrons. The molecule has 0 aromatic heterocycles. The van der Waals surface area contributed by atoms with Gasteiger partial charge in [0.15, 0.2) is 6.10 Å². The zero-order chi connectivity index (χ0) is 53.6. The van der Waals surface area contributed by atoms with Crippen molar-refractivity contribution >= 4 is 17.9 Å². The van der Waals surface area contributed by atoms with Crippen LogP contribution in [0.3, 0.4) is 0 Å². The van der Waals surface area contributed by atoms with Gasteiger partial charge in [-0.3, -0.25) is 14.4 Å². The molecule has 0 saturated heterocycles. The standard InChI is InChI=1S/C68H110O6/c1-4-7-10-13-16-19-22-25-28-31-32-33-34-35-36-38-40-43-46-49-52-55-58-61-67(70)73-64-65(63-72-66(69)60-57-54-51-48-45-42-39-30-27-24-21-18-15-12-9-6-3)74-68(71)62-59-56-53-50-47-44-41-37-29-26-23-20-17-14-11-8-5-2/h7-8,10-11,16-17,19-20,25-26,28-30,32-33,35-36,39-40,43,49,52,65H,4-6,9,12-15,18,21-24,27,31,34,37-38,41-42,44-48,50-51,53-64H2,1-3H3/b10-7-,11-8-,19-16-,20-17-,28-25-,29-26-,33-32-,36-35-,39-30-,43-40-,52-49-. The zero-order valence-corrected chi connectivity index (χ0v) is 47.8. The van der Waals surface area contributed by atoms with E-state index in [0.717, 1.165) is 135 Å². The summed E-state index contributed by atoms with van der Waals surface area (Å²) in [6.07, 6.45) is 85.9. The van der Waals surface area contributed by atoms with E-state index in [1.807, 2.05) is 0 Å². The maximum absolute atomic E-state index is 12.9. The zero-order valence-electron chi connectivity index (χ0n) is 47.8. The van der Waals surface area contributed by atoms with Crippen LogP contribution < -0.4 is 0 Å². The average Bonchev–Trinajstić information content (AvgIpc) is 3.40. The van der Waals surface area contributed by atoms with Gasteiger partial charge < -0.3 is 14.2 Å². The van der Waals surface area contributed by atoms with Crippen LogP contribution in [0.1, 0.15) is 258 Å². The highest BCUT2D eigenvalue weighted by molar-refractivity contribution is 5.71. The van der Waals surface area contributed by atoms with E-state index in [1.165, 1.54) is 77.0 Å². The predicted octanol–water partition coefficient (Wildman–Crippen LogP) is 20.6. The van der Waals surface area contributed by atoms with Crippen LogP contribution in [0.15, 0.2) is 134 Å². The number of ether oxygens (including phenoxy) is 3. The van der Waals surface area contributed by atoms with Gasteiger partial charge >= 0.3 is 17.9 Å². The highest BCUT2D eigenvalue weighted by atomic mass is 16.6. The first kappa shape index (κ1) is 69.5. The Balaban J connectivity index is 4.52. The lowest BCUT2D eigenvalue weighted by atomic mass is 10.1. The van der Waals surface area contributed by atoms with E-state index in [4.69, 9.17) is 14.2 Å². The van der Waals surface area contributed by atoms with Crippen molar-refractivity contribution in [2.45, 2.75) is 264 Å². The number of carbonyl (C=O) groups is 3. The Morgan fingerprint density at radius 2 is 0.541 bits per heavy atom. The summed E-state index contributed by atoms with van der Waals surface area (Å²) < 4.78 is 16.8. The first-order chi connectivity index (χ1) is 36.5. The van der Waals surface area contributed by atoms with Gasteiger partial charge in [0.25, 0.3) is 0 Å². The Morgan fingerprint density at radius 3 is 0.892 bits per heavy atom. The van der Waals surface area contributed by atoms with Crippen LogP contribution in [0.4, 0.5) is 0 Å². The number of esters is 3. The molecule has 6 heteroatoms. The molecule has 0 aliphatic rings. The molecule has 0 radical (unpaired) electrons. The van der Waals surface area contributed by atoms with Crippen molar-refractivity contribution in [1.29, 1.82) is 0 Å². The lowest BCUT2D eigenvalue weighted by Crippen LogP contribution is -2.30. The Kier molecular flexibility index (Phi) is 57.4. The van der Waals surface area contributed by atoms with Gasteiger partial charge in [-0.15, -0.1) is 0 Å². The van der Waals surface area contributed by atoms with E-state index in [2.05, 4.69) is 154 Å². The Hall–Kier alpha value is -4.45. The van der Waals surface area contributed by atoms with Crippen molar-refractivity contribution in [3.05, 3.63) is 134 Å². The van der Waals surface area contributed by atoms with Crippen molar-refractivity contribution in [1.82, 2.24) is 0 Å². The lowest BCUT2D eigenvalue weighted by molar-refractivity contribution is -0.167. The van der Waals surface area contributed by atoms with Crippen LogP contribution in [0, 0.1) is 0 Å². The summed E-state index contributed by atoms with van der Waals surface area (Å²) in [5.41, 5.74) is 0. The monoisotopic (exact) mass is 1020 g/mol. The van der Waals surface area contributed by atoms with Gasteiger partial charge in [-0.05, 0) is 128 Å². The van der Waals surface area contributed by atoms with Gasteiger partial charge in [0.2, 0.25) is 0 Å². The molecule has 0 aromatic rings. The summed E-state index contributed by atoms with van der Waals surface area (Å²) in [7, 11) is 0. The molecule has 0 heterocycles. The number of allylic oxidation sites excluding steroid dienone is 22. The maximum atomic E-state index is 12.9. The van der Waals surface area contributed by atoms with Crippen molar-refractivity contribution < 1.29 is 28.6 Å². The molecule has 0 bridgehead atoms. The van der Waals surface area contributed by atoms with Gasteiger partial charge in [-0.25, -0.2) is 0 Å². The highest BCUT2D eigenvalue weighted by Crippen LogP contribution is 2.14. The minimum absolute atomic E-state index is 0.108. The Labute approximate surface area is 455 Å². The van der Waals surface area contributed by atoms with Crippen molar-refractivity contribution in [3.63, 3.8) is 0 Å². The smallest absolute Gasteiger partial charge is 0.306 e. The summed E-state index contributed by atoms with van der Waals surface area (Å²) in [6, 6.07) is 0. The number of rotatable bonds is 53. The summed E-state index contributed by atoms with van der Waals surface area (Å²) in [6.45, 7) is 6.35. The number of hydrogen-bond acceptors (Lipinski definition) is 6. The molecule has 6 nitrogen and oxygen atoms in total. The fraction of sp³-hybridized carbons (Fsp3) is 0.632. The van der Waals surface area contributed by atoms with Crippen LogP contribution in [0.5, 0.6) is 0 Å². The van der Waals surface area contributed by atoms with Gasteiger partial charge in [0, 0.05) is 19.3 Å². The average molecular weight is 1020 g/mol. The van der Waals surface area contributed by atoms with Crippen molar-refractivity contribution in [2.75, 3.05) is 13.2 Å². The molecule has 0 aliphatic carbocycles. The Morgan fingerprint density at radius 1 is 0.284 bits per heavy atom. The fourth-order valence-corrected chi connectivity index (χ4v) is 7.91. The molecule has 0 saturated carbocycles. The van der Waals surface area contributed by atoms with Crippen LogP contribution in [-0.4, -0.2) is 37.2 Å². The van der Waals surface area contributed by atoms with Crippen LogP contribution >= 0.6 is 0 Å². The number of unbranched alkanes of at least 4 members (excludes halogenated alkanes) is 20. The molecule has 74 heavy (non-hydrogen) atoms. The molecular weight excluding hydrogens is 913 g/mol.